The number of hydrogen-bond acceptors (Lipinski definition) is 6. The third-order valence-corrected chi connectivity index (χ3v) is 3.41. The van der Waals surface area contributed by atoms with Crippen molar-refractivity contribution in [1.82, 2.24) is 4.98 Å². The molecule has 3 atom stereocenters. The lowest BCUT2D eigenvalue weighted by molar-refractivity contribution is -0.771. The molecule has 0 bridgehead atoms. The average molecular weight is 314 g/mol. The van der Waals surface area contributed by atoms with Gasteiger partial charge >= 0.3 is 11.7 Å². The van der Waals surface area contributed by atoms with E-state index in [2.05, 4.69) is 10.7 Å². The van der Waals surface area contributed by atoms with E-state index in [9.17, 15) is 9.59 Å². The number of nitrogens with two attached hydrogens (primary N) is 1. The summed E-state index contributed by atoms with van der Waals surface area (Å²) in [6.07, 6.45) is 0.216. The van der Waals surface area contributed by atoms with Gasteiger partial charge in [-0.2, -0.15) is 14.3 Å². The number of carbonyl (C=O) groups excluding carboxylic acids is 1. The van der Waals surface area contributed by atoms with E-state index >= 15 is 0 Å². The monoisotopic (exact) mass is 314 g/mol. The van der Waals surface area contributed by atoms with Crippen LogP contribution in [0.2, 0.25) is 0 Å². The molecular weight excluding hydrogens is 292 g/mol. The van der Waals surface area contributed by atoms with Gasteiger partial charge in [0.05, 0.1) is 0 Å². The fourth-order valence-corrected chi connectivity index (χ4v) is 1.89. The van der Waals surface area contributed by atoms with Gasteiger partial charge in [-0.3, -0.25) is 0 Å². The molecular formula is C13H22N4O5+2. The molecule has 0 saturated carbocycles. The van der Waals surface area contributed by atoms with Gasteiger partial charge in [0.2, 0.25) is 6.23 Å². The second kappa shape index (κ2) is 6.86. The van der Waals surface area contributed by atoms with E-state index in [1.54, 1.807) is 6.07 Å². The zero-order chi connectivity index (χ0) is 16.3. The van der Waals surface area contributed by atoms with Gasteiger partial charge in [0.1, 0.15) is 19.4 Å². The Morgan fingerprint density at radius 1 is 1.64 bits per heavy atom. The minimum Gasteiger partial charge on any atom is -0.456 e. The molecule has 0 radical (unpaired) electrons. The summed E-state index contributed by atoms with van der Waals surface area (Å²) in [5, 5.41) is 0. The van der Waals surface area contributed by atoms with Crippen LogP contribution in [-0.2, 0) is 19.0 Å². The number of esters is 1. The lowest BCUT2D eigenvalue weighted by atomic mass is 10.1. The lowest BCUT2D eigenvalue weighted by Gasteiger charge is -2.14. The third-order valence-electron chi connectivity index (χ3n) is 3.41. The Morgan fingerprint density at radius 3 is 3.00 bits per heavy atom. The molecule has 0 aromatic carbocycles. The number of nitrogens with one attached hydrogen (secondary N) is 1. The molecule has 2 rings (SSSR count). The van der Waals surface area contributed by atoms with Crippen molar-refractivity contribution in [2.24, 2.45) is 5.92 Å². The number of nitrogen functional groups attached to an aromatic ring is 1. The number of nitrogens with zero attached hydrogens (tertiary/aromatic N) is 1. The number of aromatic nitrogens is 2. The van der Waals surface area contributed by atoms with Gasteiger partial charge in [0.15, 0.2) is 18.1 Å². The molecule has 1 fully saturated rings. The predicted molar refractivity (Wildman–Crippen MR) is 74.0 cm³/mol. The number of aromatic amines is 1. The second-order valence-corrected chi connectivity index (χ2v) is 5.44. The first-order valence-electron chi connectivity index (χ1n) is 7.05. The molecule has 2 heterocycles. The first-order valence-corrected chi connectivity index (χ1v) is 7.05. The molecule has 9 heteroatoms. The third kappa shape index (κ3) is 3.81. The highest BCUT2D eigenvalue weighted by molar-refractivity contribution is 5.74. The molecule has 22 heavy (non-hydrogen) atoms. The van der Waals surface area contributed by atoms with E-state index < -0.39 is 30.2 Å². The molecule has 9 nitrogen and oxygen atoms in total. The Hall–Kier alpha value is -1.97. The van der Waals surface area contributed by atoms with Crippen LogP contribution in [0.4, 0.5) is 5.82 Å². The first-order chi connectivity index (χ1) is 10.4. The Kier molecular flexibility index (Phi) is 5.11. The summed E-state index contributed by atoms with van der Waals surface area (Å²) in [5.41, 5.74) is 8.83. The minimum absolute atomic E-state index is 0.0402. The fourth-order valence-electron chi connectivity index (χ4n) is 1.89. The smallest absolute Gasteiger partial charge is 0.456 e. The van der Waals surface area contributed by atoms with Crippen LogP contribution in [0.25, 0.3) is 0 Å². The quantitative estimate of drug-likeness (QED) is 0.422. The van der Waals surface area contributed by atoms with Crippen LogP contribution in [0.1, 0.15) is 20.1 Å². The summed E-state index contributed by atoms with van der Waals surface area (Å²) < 4.78 is 17.4. The summed E-state index contributed by atoms with van der Waals surface area (Å²) in [6.45, 7) is 3.92. The fraction of sp³-hybridized carbons (Fsp3) is 0.615. The summed E-state index contributed by atoms with van der Waals surface area (Å²) >= 11 is 0. The number of hydrogen-bond donors (Lipinski definition) is 3. The summed E-state index contributed by atoms with van der Waals surface area (Å²) in [5.74, 6) is -0.0426. The SMILES string of the molecule is CC(C)[C@H]([NH3+])C(=O)OC[C@H]1OC[C@@H]([n+]2ccc(N)[nH]c2=O)O1. The molecule has 1 saturated heterocycles. The molecule has 1 aliphatic heterocycles. The Labute approximate surface area is 127 Å². The molecule has 122 valence electrons. The maximum atomic E-state index is 11.8. The number of ether oxygens (including phenoxy) is 3. The van der Waals surface area contributed by atoms with Gasteiger partial charge in [0, 0.05) is 12.0 Å². The van der Waals surface area contributed by atoms with Crippen molar-refractivity contribution in [3.63, 3.8) is 0 Å². The Bertz CT molecular complexity index is 588. The highest BCUT2D eigenvalue weighted by Gasteiger charge is 2.33. The summed E-state index contributed by atoms with van der Waals surface area (Å²) in [4.78, 5) is 25.9. The van der Waals surface area contributed by atoms with Gasteiger partial charge in [-0.25, -0.2) is 4.79 Å². The van der Waals surface area contributed by atoms with E-state index in [1.165, 1.54) is 10.8 Å². The standard InChI is InChI=1S/C13H20N4O5/c1-7(2)11(15)12(18)21-6-10-20-5-9(22-10)17-4-3-8(14)16-13(17)19/h3-4,7,9-11H,5-6,15H2,1-2H3,(H2,14,16,19)/p+2/t9-,10-,11-/m0/s1. The molecule has 1 aromatic heterocycles. The minimum atomic E-state index is -0.710. The van der Waals surface area contributed by atoms with Gasteiger partial charge in [-0.05, 0) is 0 Å². The lowest BCUT2D eigenvalue weighted by Crippen LogP contribution is -2.67. The van der Waals surface area contributed by atoms with Crippen molar-refractivity contribution in [2.45, 2.75) is 32.4 Å². The maximum absolute atomic E-state index is 11.8. The predicted octanol–water partition coefficient (Wildman–Crippen LogP) is -2.07. The van der Waals surface area contributed by atoms with Gasteiger partial charge in [-0.1, -0.05) is 13.8 Å². The zero-order valence-electron chi connectivity index (χ0n) is 12.7. The number of carbonyl (C=O) groups is 1. The van der Waals surface area contributed by atoms with Crippen LogP contribution in [0, 0.1) is 5.92 Å². The maximum Gasteiger partial charge on any atom is 0.499 e. The summed E-state index contributed by atoms with van der Waals surface area (Å²) in [7, 11) is 0. The Morgan fingerprint density at radius 2 is 2.36 bits per heavy atom. The molecule has 0 unspecified atom stereocenters. The Balaban J connectivity index is 1.88. The van der Waals surface area contributed by atoms with E-state index in [1.807, 2.05) is 13.8 Å². The molecule has 0 amide bonds. The highest BCUT2D eigenvalue weighted by atomic mass is 16.7. The molecule has 1 aliphatic rings. The molecule has 0 spiro atoms. The number of H-pyrrole nitrogens is 1. The normalized spacial score (nSPS) is 22.7. The highest BCUT2D eigenvalue weighted by Crippen LogP contribution is 2.15. The summed E-state index contributed by atoms with van der Waals surface area (Å²) in [6, 6.07) is 1.11. The van der Waals surface area contributed by atoms with E-state index in [4.69, 9.17) is 19.9 Å². The van der Waals surface area contributed by atoms with Gasteiger partial charge < -0.3 is 25.7 Å². The van der Waals surface area contributed by atoms with Gasteiger partial charge in [0.25, 0.3) is 0 Å². The van der Waals surface area contributed by atoms with E-state index in [-0.39, 0.29) is 24.9 Å². The molecule has 1 aromatic rings. The topological polar surface area (TPSA) is 135 Å². The van der Waals surface area contributed by atoms with Crippen molar-refractivity contribution in [2.75, 3.05) is 18.9 Å². The van der Waals surface area contributed by atoms with Crippen LogP contribution in [0.15, 0.2) is 17.1 Å². The number of rotatable bonds is 5. The van der Waals surface area contributed by atoms with Crippen molar-refractivity contribution in [3.8, 4) is 0 Å². The van der Waals surface area contributed by atoms with Crippen LogP contribution in [0.3, 0.4) is 0 Å². The van der Waals surface area contributed by atoms with E-state index in [0.29, 0.717) is 0 Å². The number of quaternary nitrogens is 1. The number of anilines is 1. The van der Waals surface area contributed by atoms with Crippen LogP contribution < -0.4 is 21.7 Å². The van der Waals surface area contributed by atoms with Crippen LogP contribution in [-0.4, -0.2) is 36.5 Å². The molecule has 6 N–H and O–H groups in total. The zero-order valence-corrected chi connectivity index (χ0v) is 12.7. The van der Waals surface area contributed by atoms with Crippen molar-refractivity contribution in [3.05, 3.63) is 22.7 Å². The average Bonchev–Trinajstić information content (AvgIpc) is 2.92. The van der Waals surface area contributed by atoms with Gasteiger partial charge in [-0.15, -0.1) is 0 Å². The molecule has 0 aliphatic carbocycles. The van der Waals surface area contributed by atoms with Crippen LogP contribution >= 0.6 is 0 Å². The second-order valence-electron chi connectivity index (χ2n) is 5.44. The van der Waals surface area contributed by atoms with Crippen molar-refractivity contribution >= 4 is 11.8 Å². The van der Waals surface area contributed by atoms with Crippen LogP contribution in [0.5, 0.6) is 0 Å². The van der Waals surface area contributed by atoms with Crippen molar-refractivity contribution < 1.29 is 29.3 Å². The van der Waals surface area contributed by atoms with E-state index in [0.717, 1.165) is 0 Å². The first kappa shape index (κ1) is 16.4. The van der Waals surface area contributed by atoms with Crippen molar-refractivity contribution in [1.29, 1.82) is 0 Å². The largest absolute Gasteiger partial charge is 0.499 e.